The molecule has 5 heteroatoms. The Balaban J connectivity index is 3.15. The molecular formula is C16H26N2O3. The third kappa shape index (κ3) is 4.72. The van der Waals surface area contributed by atoms with E-state index in [9.17, 15) is 9.90 Å². The molecule has 0 spiro atoms. The van der Waals surface area contributed by atoms with Crippen molar-refractivity contribution in [3.8, 4) is 5.75 Å². The summed E-state index contributed by atoms with van der Waals surface area (Å²) < 4.78 is 5.35. The molecule has 118 valence electrons. The van der Waals surface area contributed by atoms with Gasteiger partial charge < -0.3 is 14.7 Å². The van der Waals surface area contributed by atoms with Crippen LogP contribution in [0, 0.1) is 6.92 Å². The van der Waals surface area contributed by atoms with Crippen molar-refractivity contribution < 1.29 is 14.6 Å². The van der Waals surface area contributed by atoms with Crippen molar-refractivity contribution in [1.29, 1.82) is 0 Å². The molecule has 0 heterocycles. The molecule has 1 aromatic rings. The number of carbonyl (C=O) groups is 1. The zero-order valence-electron chi connectivity index (χ0n) is 13.6. The topological polar surface area (TPSA) is 53.0 Å². The van der Waals surface area contributed by atoms with Gasteiger partial charge in [0, 0.05) is 18.7 Å². The number of rotatable bonds is 8. The van der Waals surface area contributed by atoms with E-state index < -0.39 is 12.0 Å². The van der Waals surface area contributed by atoms with Gasteiger partial charge in [-0.15, -0.1) is 0 Å². The van der Waals surface area contributed by atoms with Crippen LogP contribution in [-0.4, -0.2) is 61.7 Å². The Bertz CT molecular complexity index is 475. The van der Waals surface area contributed by atoms with Crippen LogP contribution in [0.1, 0.15) is 24.1 Å². The van der Waals surface area contributed by atoms with Crippen LogP contribution in [0.2, 0.25) is 0 Å². The molecule has 1 N–H and O–H groups in total. The number of likely N-dealkylation sites (N-methyl/N-ethyl adjacent to an activating group) is 2. The third-order valence-corrected chi connectivity index (χ3v) is 3.52. The number of methoxy groups -OCH3 is 1. The standard InChI is InChI=1S/C16H26N2O3/c1-6-18(10-9-17(3)4)15(16(19)20)13-11-12(2)7-8-14(13)21-5/h7-8,11,15H,6,9-10H2,1-5H3,(H,19,20). The van der Waals surface area contributed by atoms with Gasteiger partial charge in [-0.3, -0.25) is 9.69 Å². The number of hydrogen-bond donors (Lipinski definition) is 1. The van der Waals surface area contributed by atoms with Crippen molar-refractivity contribution in [3.05, 3.63) is 29.3 Å². The molecule has 1 rings (SSSR count). The van der Waals surface area contributed by atoms with Gasteiger partial charge in [0.1, 0.15) is 11.8 Å². The molecule has 0 aliphatic carbocycles. The van der Waals surface area contributed by atoms with E-state index in [4.69, 9.17) is 4.74 Å². The molecule has 0 saturated carbocycles. The molecule has 0 saturated heterocycles. The van der Waals surface area contributed by atoms with Crippen molar-refractivity contribution in [2.45, 2.75) is 19.9 Å². The van der Waals surface area contributed by atoms with Crippen molar-refractivity contribution in [2.24, 2.45) is 0 Å². The summed E-state index contributed by atoms with van der Waals surface area (Å²) in [4.78, 5) is 15.8. The normalized spacial score (nSPS) is 12.7. The number of carboxylic acids is 1. The van der Waals surface area contributed by atoms with Crippen molar-refractivity contribution in [1.82, 2.24) is 9.80 Å². The molecule has 0 aliphatic rings. The van der Waals surface area contributed by atoms with Gasteiger partial charge in [-0.25, -0.2) is 0 Å². The summed E-state index contributed by atoms with van der Waals surface area (Å²) in [7, 11) is 5.54. The predicted octanol–water partition coefficient (Wildman–Crippen LogP) is 2.01. The van der Waals surface area contributed by atoms with Crippen LogP contribution in [0.4, 0.5) is 0 Å². The molecule has 0 amide bonds. The van der Waals surface area contributed by atoms with Crippen molar-refractivity contribution in [2.75, 3.05) is 40.8 Å². The van der Waals surface area contributed by atoms with Gasteiger partial charge in [-0.05, 0) is 33.6 Å². The predicted molar refractivity (Wildman–Crippen MR) is 83.9 cm³/mol. The highest BCUT2D eigenvalue weighted by molar-refractivity contribution is 5.77. The first kappa shape index (κ1) is 17.5. The molecule has 0 fully saturated rings. The van der Waals surface area contributed by atoms with Crippen LogP contribution in [0.5, 0.6) is 5.75 Å². The molecule has 0 radical (unpaired) electrons. The first-order valence-electron chi connectivity index (χ1n) is 7.16. The van der Waals surface area contributed by atoms with Crippen LogP contribution in [-0.2, 0) is 4.79 Å². The number of nitrogens with zero attached hydrogens (tertiary/aromatic N) is 2. The molecule has 0 aromatic heterocycles. The van der Waals surface area contributed by atoms with Gasteiger partial charge in [-0.1, -0.05) is 24.6 Å². The summed E-state index contributed by atoms with van der Waals surface area (Å²) >= 11 is 0. The van der Waals surface area contributed by atoms with E-state index >= 15 is 0 Å². The average molecular weight is 294 g/mol. The van der Waals surface area contributed by atoms with Gasteiger partial charge in [0.05, 0.1) is 7.11 Å². The van der Waals surface area contributed by atoms with Crippen molar-refractivity contribution in [3.63, 3.8) is 0 Å². The summed E-state index contributed by atoms with van der Waals surface area (Å²) in [6.07, 6.45) is 0. The average Bonchev–Trinajstić information content (AvgIpc) is 2.42. The van der Waals surface area contributed by atoms with E-state index in [1.54, 1.807) is 7.11 Å². The molecule has 1 aromatic carbocycles. The Kier molecular flexibility index (Phi) is 6.65. The van der Waals surface area contributed by atoms with Gasteiger partial charge in [-0.2, -0.15) is 0 Å². The fourth-order valence-corrected chi connectivity index (χ4v) is 2.35. The van der Waals surface area contributed by atoms with E-state index in [0.717, 1.165) is 12.1 Å². The fourth-order valence-electron chi connectivity index (χ4n) is 2.35. The molecule has 21 heavy (non-hydrogen) atoms. The second kappa shape index (κ2) is 8.00. The molecule has 1 atom stereocenters. The zero-order chi connectivity index (χ0) is 16.0. The summed E-state index contributed by atoms with van der Waals surface area (Å²) in [5.41, 5.74) is 1.74. The maximum atomic E-state index is 11.8. The third-order valence-electron chi connectivity index (χ3n) is 3.52. The second-order valence-corrected chi connectivity index (χ2v) is 5.42. The fraction of sp³-hybridized carbons (Fsp3) is 0.562. The number of ether oxygens (including phenoxy) is 1. The monoisotopic (exact) mass is 294 g/mol. The number of hydrogen-bond acceptors (Lipinski definition) is 4. The summed E-state index contributed by atoms with van der Waals surface area (Å²) in [5.74, 6) is -0.226. The molecule has 0 bridgehead atoms. The first-order chi connectivity index (χ1) is 9.90. The maximum absolute atomic E-state index is 11.8. The summed E-state index contributed by atoms with van der Waals surface area (Å²) in [6, 6.07) is 4.97. The van der Waals surface area contributed by atoms with Crippen LogP contribution >= 0.6 is 0 Å². The number of benzene rings is 1. The minimum absolute atomic E-state index is 0.622. The molecular weight excluding hydrogens is 268 g/mol. The van der Waals surface area contributed by atoms with Crippen LogP contribution in [0.15, 0.2) is 18.2 Å². The minimum atomic E-state index is -0.848. The number of aryl methyl sites for hydroxylation is 1. The number of aliphatic carboxylic acids is 1. The lowest BCUT2D eigenvalue weighted by Crippen LogP contribution is -2.38. The van der Waals surface area contributed by atoms with E-state index in [-0.39, 0.29) is 0 Å². The SMILES string of the molecule is CCN(CCN(C)C)C(C(=O)O)c1cc(C)ccc1OC. The maximum Gasteiger partial charge on any atom is 0.325 e. The van der Waals surface area contributed by atoms with Crippen LogP contribution < -0.4 is 4.74 Å². The Morgan fingerprint density at radius 3 is 2.48 bits per heavy atom. The smallest absolute Gasteiger partial charge is 0.325 e. The zero-order valence-corrected chi connectivity index (χ0v) is 13.6. The van der Waals surface area contributed by atoms with Gasteiger partial charge in [0.25, 0.3) is 0 Å². The van der Waals surface area contributed by atoms with Crippen molar-refractivity contribution >= 4 is 5.97 Å². The first-order valence-corrected chi connectivity index (χ1v) is 7.16. The highest BCUT2D eigenvalue weighted by Gasteiger charge is 2.29. The lowest BCUT2D eigenvalue weighted by molar-refractivity contribution is -0.143. The van der Waals surface area contributed by atoms with E-state index in [1.165, 1.54) is 0 Å². The Hall–Kier alpha value is -1.59. The second-order valence-electron chi connectivity index (χ2n) is 5.42. The van der Waals surface area contributed by atoms with Gasteiger partial charge in [0.15, 0.2) is 0 Å². The Morgan fingerprint density at radius 1 is 1.33 bits per heavy atom. The van der Waals surface area contributed by atoms with E-state index in [0.29, 0.717) is 24.4 Å². The lowest BCUT2D eigenvalue weighted by atomic mass is 10.0. The Morgan fingerprint density at radius 2 is 2.00 bits per heavy atom. The van der Waals surface area contributed by atoms with Gasteiger partial charge >= 0.3 is 5.97 Å². The van der Waals surface area contributed by atoms with Gasteiger partial charge in [0.2, 0.25) is 0 Å². The minimum Gasteiger partial charge on any atom is -0.496 e. The molecule has 0 aliphatic heterocycles. The highest BCUT2D eigenvalue weighted by Crippen LogP contribution is 2.30. The van der Waals surface area contributed by atoms with E-state index in [2.05, 4.69) is 4.90 Å². The quantitative estimate of drug-likeness (QED) is 0.795. The van der Waals surface area contributed by atoms with Crippen LogP contribution in [0.25, 0.3) is 0 Å². The summed E-state index contributed by atoms with van der Waals surface area (Å²) in [5, 5.41) is 9.69. The molecule has 1 unspecified atom stereocenters. The van der Waals surface area contributed by atoms with E-state index in [1.807, 2.05) is 51.0 Å². The Labute approximate surface area is 127 Å². The highest BCUT2D eigenvalue weighted by atomic mass is 16.5. The largest absolute Gasteiger partial charge is 0.496 e. The lowest BCUT2D eigenvalue weighted by Gasteiger charge is -2.30. The number of carboxylic acid groups (broad SMARTS) is 1. The van der Waals surface area contributed by atoms with Crippen LogP contribution in [0.3, 0.4) is 0 Å². The molecule has 5 nitrogen and oxygen atoms in total. The summed E-state index contributed by atoms with van der Waals surface area (Å²) in [6.45, 7) is 6.11.